The Bertz CT molecular complexity index is 634. The fraction of sp³-hybridized carbons (Fsp3) is 0.267. The van der Waals surface area contributed by atoms with Crippen LogP contribution in [0.25, 0.3) is 0 Å². The van der Waals surface area contributed by atoms with Crippen LogP contribution in [0.1, 0.15) is 11.3 Å². The van der Waals surface area contributed by atoms with Gasteiger partial charge in [0.15, 0.2) is 0 Å². The second-order valence-electron chi connectivity index (χ2n) is 4.78. The molecule has 1 aromatic heterocycles. The quantitative estimate of drug-likeness (QED) is 0.863. The molecule has 0 radical (unpaired) electrons. The van der Waals surface area contributed by atoms with E-state index in [1.54, 1.807) is 11.7 Å². The zero-order chi connectivity index (χ0) is 14.1. The first-order valence-corrected chi connectivity index (χ1v) is 7.26. The molecular weight excluding hydrogens is 320 g/mol. The Morgan fingerprint density at radius 3 is 2.70 bits per heavy atom. The van der Waals surface area contributed by atoms with Crippen molar-refractivity contribution in [2.45, 2.75) is 13.0 Å². The van der Waals surface area contributed by atoms with Crippen LogP contribution in [0.2, 0.25) is 0 Å². The Morgan fingerprint density at radius 1 is 1.25 bits per heavy atom. The number of methoxy groups -OCH3 is 1. The Balaban J connectivity index is 1.77. The molecule has 0 fully saturated rings. The number of ether oxygens (including phenoxy) is 1. The minimum atomic E-state index is 0.0350. The lowest BCUT2D eigenvalue weighted by Gasteiger charge is -2.28. The third-order valence-corrected chi connectivity index (χ3v) is 4.29. The van der Waals surface area contributed by atoms with Gasteiger partial charge in [0.05, 0.1) is 7.11 Å². The van der Waals surface area contributed by atoms with Crippen molar-refractivity contribution in [1.82, 2.24) is 9.47 Å². The summed E-state index contributed by atoms with van der Waals surface area (Å²) >= 11 is 3.48. The van der Waals surface area contributed by atoms with Gasteiger partial charge in [0.25, 0.3) is 0 Å². The van der Waals surface area contributed by atoms with Crippen LogP contribution in [0.3, 0.4) is 0 Å². The SMILES string of the molecule is COc1ccc(CN2CCc3c(Br)ccn3C2=O)cc1. The summed E-state index contributed by atoms with van der Waals surface area (Å²) in [6.07, 6.45) is 2.69. The van der Waals surface area contributed by atoms with Crippen LogP contribution in [0.15, 0.2) is 41.0 Å². The highest BCUT2D eigenvalue weighted by Gasteiger charge is 2.25. The van der Waals surface area contributed by atoms with Crippen molar-refractivity contribution in [2.75, 3.05) is 13.7 Å². The summed E-state index contributed by atoms with van der Waals surface area (Å²) in [6, 6.07) is 9.78. The molecule has 104 valence electrons. The Morgan fingerprint density at radius 2 is 2.00 bits per heavy atom. The van der Waals surface area contributed by atoms with E-state index < -0.39 is 0 Å². The van der Waals surface area contributed by atoms with Crippen molar-refractivity contribution in [3.8, 4) is 5.75 Å². The number of halogens is 1. The van der Waals surface area contributed by atoms with Crippen LogP contribution in [0.5, 0.6) is 5.75 Å². The molecule has 1 amide bonds. The van der Waals surface area contributed by atoms with Crippen LogP contribution in [0.4, 0.5) is 4.79 Å². The Labute approximate surface area is 126 Å². The van der Waals surface area contributed by atoms with Gasteiger partial charge < -0.3 is 9.64 Å². The van der Waals surface area contributed by atoms with Gasteiger partial charge in [-0.15, -0.1) is 0 Å². The Hall–Kier alpha value is -1.75. The molecule has 0 atom stereocenters. The lowest BCUT2D eigenvalue weighted by atomic mass is 10.2. The van der Waals surface area contributed by atoms with Crippen molar-refractivity contribution in [3.05, 3.63) is 52.3 Å². The van der Waals surface area contributed by atoms with Crippen LogP contribution < -0.4 is 4.74 Å². The number of amides is 1. The lowest BCUT2D eigenvalue weighted by molar-refractivity contribution is 0.189. The number of nitrogens with zero attached hydrogens (tertiary/aromatic N) is 2. The van der Waals surface area contributed by atoms with Gasteiger partial charge in [-0.3, -0.25) is 4.57 Å². The second kappa shape index (κ2) is 5.32. The number of hydrogen-bond acceptors (Lipinski definition) is 2. The predicted molar refractivity (Wildman–Crippen MR) is 80.0 cm³/mol. The lowest BCUT2D eigenvalue weighted by Crippen LogP contribution is -2.40. The maximum atomic E-state index is 12.4. The minimum absolute atomic E-state index is 0.0350. The summed E-state index contributed by atoms with van der Waals surface area (Å²) in [5.74, 6) is 0.829. The van der Waals surface area contributed by atoms with Gasteiger partial charge in [-0.2, -0.15) is 0 Å². The van der Waals surface area contributed by atoms with Gasteiger partial charge in [0.1, 0.15) is 5.75 Å². The number of carbonyl (C=O) groups excluding carboxylic acids is 1. The van der Waals surface area contributed by atoms with E-state index in [-0.39, 0.29) is 6.03 Å². The Kier molecular flexibility index (Phi) is 3.53. The normalized spacial score (nSPS) is 14.3. The molecule has 20 heavy (non-hydrogen) atoms. The monoisotopic (exact) mass is 334 g/mol. The molecule has 0 unspecified atom stereocenters. The molecule has 0 spiro atoms. The standard InChI is InChI=1S/C15H15BrN2O2/c1-20-12-4-2-11(3-5-12)10-17-8-7-14-13(16)6-9-18(14)15(17)19/h2-6,9H,7-8,10H2,1H3. The van der Waals surface area contributed by atoms with Gasteiger partial charge in [-0.1, -0.05) is 12.1 Å². The van der Waals surface area contributed by atoms with Crippen molar-refractivity contribution in [2.24, 2.45) is 0 Å². The first kappa shape index (κ1) is 13.2. The summed E-state index contributed by atoms with van der Waals surface area (Å²) in [5, 5.41) is 0. The first-order valence-electron chi connectivity index (χ1n) is 6.47. The number of rotatable bonds is 3. The second-order valence-corrected chi connectivity index (χ2v) is 5.64. The molecule has 0 bridgehead atoms. The van der Waals surface area contributed by atoms with E-state index in [1.807, 2.05) is 41.4 Å². The molecule has 2 heterocycles. The van der Waals surface area contributed by atoms with E-state index in [9.17, 15) is 4.79 Å². The molecule has 0 N–H and O–H groups in total. The van der Waals surface area contributed by atoms with E-state index in [2.05, 4.69) is 15.9 Å². The van der Waals surface area contributed by atoms with E-state index in [0.29, 0.717) is 6.54 Å². The van der Waals surface area contributed by atoms with Crippen molar-refractivity contribution in [1.29, 1.82) is 0 Å². The van der Waals surface area contributed by atoms with Gasteiger partial charge in [-0.05, 0) is 39.7 Å². The molecule has 1 aliphatic heterocycles. The maximum Gasteiger partial charge on any atom is 0.328 e. The molecule has 4 nitrogen and oxygen atoms in total. The summed E-state index contributed by atoms with van der Waals surface area (Å²) in [6.45, 7) is 1.37. The summed E-state index contributed by atoms with van der Waals surface area (Å²) in [7, 11) is 1.65. The zero-order valence-electron chi connectivity index (χ0n) is 11.2. The smallest absolute Gasteiger partial charge is 0.328 e. The maximum absolute atomic E-state index is 12.4. The van der Waals surface area contributed by atoms with Gasteiger partial charge in [0, 0.05) is 35.9 Å². The number of benzene rings is 1. The molecule has 0 aliphatic carbocycles. The van der Waals surface area contributed by atoms with E-state index in [4.69, 9.17) is 4.74 Å². The molecule has 1 aliphatic rings. The molecule has 1 aromatic carbocycles. The van der Waals surface area contributed by atoms with E-state index >= 15 is 0 Å². The van der Waals surface area contributed by atoms with Crippen LogP contribution in [-0.4, -0.2) is 29.2 Å². The molecule has 0 saturated carbocycles. The minimum Gasteiger partial charge on any atom is -0.497 e. The highest BCUT2D eigenvalue weighted by Crippen LogP contribution is 2.24. The molecule has 3 rings (SSSR count). The third-order valence-electron chi connectivity index (χ3n) is 3.56. The zero-order valence-corrected chi connectivity index (χ0v) is 12.8. The average molecular weight is 335 g/mol. The van der Waals surface area contributed by atoms with Gasteiger partial charge >= 0.3 is 6.03 Å². The molecule has 5 heteroatoms. The molecule has 2 aromatic rings. The van der Waals surface area contributed by atoms with Crippen molar-refractivity contribution < 1.29 is 9.53 Å². The van der Waals surface area contributed by atoms with Crippen LogP contribution >= 0.6 is 15.9 Å². The number of fused-ring (bicyclic) bond motifs is 1. The first-order chi connectivity index (χ1) is 9.69. The van der Waals surface area contributed by atoms with E-state index in [0.717, 1.165) is 34.4 Å². The van der Waals surface area contributed by atoms with Crippen LogP contribution in [-0.2, 0) is 13.0 Å². The third kappa shape index (κ3) is 2.33. The fourth-order valence-electron chi connectivity index (χ4n) is 2.45. The molecular formula is C15H15BrN2O2. The van der Waals surface area contributed by atoms with Crippen molar-refractivity contribution >= 4 is 22.0 Å². The summed E-state index contributed by atoms with van der Waals surface area (Å²) < 4.78 is 7.87. The van der Waals surface area contributed by atoms with Crippen LogP contribution in [0, 0.1) is 0 Å². The topological polar surface area (TPSA) is 34.5 Å². The number of aromatic nitrogens is 1. The predicted octanol–water partition coefficient (Wildman–Crippen LogP) is 3.29. The van der Waals surface area contributed by atoms with Gasteiger partial charge in [0.2, 0.25) is 0 Å². The van der Waals surface area contributed by atoms with E-state index in [1.165, 1.54) is 0 Å². The number of hydrogen-bond donors (Lipinski definition) is 0. The average Bonchev–Trinajstić information content (AvgIpc) is 2.85. The largest absolute Gasteiger partial charge is 0.497 e. The van der Waals surface area contributed by atoms with Gasteiger partial charge in [-0.25, -0.2) is 4.79 Å². The highest BCUT2D eigenvalue weighted by atomic mass is 79.9. The fourth-order valence-corrected chi connectivity index (χ4v) is 2.95. The van der Waals surface area contributed by atoms with Crippen molar-refractivity contribution in [3.63, 3.8) is 0 Å². The number of carbonyl (C=O) groups is 1. The summed E-state index contributed by atoms with van der Waals surface area (Å²) in [5.41, 5.74) is 2.16. The highest BCUT2D eigenvalue weighted by molar-refractivity contribution is 9.10. The molecule has 0 saturated heterocycles. The summed E-state index contributed by atoms with van der Waals surface area (Å²) in [4.78, 5) is 14.3.